The fourth-order valence-corrected chi connectivity index (χ4v) is 4.77. The highest BCUT2D eigenvalue weighted by Gasteiger charge is 2.44. The highest BCUT2D eigenvalue weighted by molar-refractivity contribution is 6.35. The van der Waals surface area contributed by atoms with Gasteiger partial charge in [-0.3, -0.25) is 4.79 Å². The fraction of sp³-hybridized carbons (Fsp3) is 0.174. The minimum Gasteiger partial charge on any atom is -0.349 e. The minimum absolute atomic E-state index is 0.136. The van der Waals surface area contributed by atoms with Crippen LogP contribution in [0.15, 0.2) is 59.4 Å². The molecule has 0 aliphatic carbocycles. The smallest absolute Gasteiger partial charge is 0.295 e. The van der Waals surface area contributed by atoms with E-state index in [0.717, 1.165) is 22.4 Å². The van der Waals surface area contributed by atoms with Gasteiger partial charge in [0.05, 0.1) is 5.92 Å². The maximum atomic E-state index is 13.5. The summed E-state index contributed by atoms with van der Waals surface area (Å²) in [6.45, 7) is 2.36. The van der Waals surface area contributed by atoms with Gasteiger partial charge < -0.3 is 9.42 Å². The number of fused-ring (bicyclic) bond motifs is 1. The molecule has 0 amide bonds. The first-order valence-corrected chi connectivity index (χ1v) is 11.2. The molecular formula is C23H16Cl3N5O2. The Bertz CT molecular complexity index is 1350. The Kier molecular flexibility index (Phi) is 5.78. The Morgan fingerprint density at radius 1 is 1.09 bits per heavy atom. The van der Waals surface area contributed by atoms with Gasteiger partial charge >= 0.3 is 0 Å². The van der Waals surface area contributed by atoms with Crippen molar-refractivity contribution < 1.29 is 9.32 Å². The first kappa shape index (κ1) is 21.8. The summed E-state index contributed by atoms with van der Waals surface area (Å²) < 4.78 is 5.27. The molecule has 7 nitrogen and oxygen atoms in total. The number of carbonyl (C=O) groups excluding carboxylic acids is 1. The zero-order valence-electron chi connectivity index (χ0n) is 17.2. The molecule has 2 atom stereocenters. The van der Waals surface area contributed by atoms with Crippen molar-refractivity contribution >= 4 is 46.3 Å². The van der Waals surface area contributed by atoms with E-state index in [1.54, 1.807) is 30.6 Å². The molecule has 0 bridgehead atoms. The molecule has 5 rings (SSSR count). The Morgan fingerprint density at radius 2 is 1.88 bits per heavy atom. The van der Waals surface area contributed by atoms with Gasteiger partial charge in [0.1, 0.15) is 5.50 Å². The number of aryl methyl sites for hydroxylation is 1. The van der Waals surface area contributed by atoms with Crippen LogP contribution in [0.25, 0.3) is 11.6 Å². The molecule has 10 heteroatoms. The molecule has 0 saturated heterocycles. The van der Waals surface area contributed by atoms with Crippen molar-refractivity contribution in [3.63, 3.8) is 0 Å². The average Bonchev–Trinajstić information content (AvgIpc) is 3.39. The van der Waals surface area contributed by atoms with Crippen LogP contribution in [0.1, 0.15) is 33.3 Å². The number of hydrogen-bond acceptors (Lipinski definition) is 7. The van der Waals surface area contributed by atoms with Gasteiger partial charge in [0.2, 0.25) is 17.4 Å². The summed E-state index contributed by atoms with van der Waals surface area (Å²) in [6.07, 6.45) is 3.12. The van der Waals surface area contributed by atoms with E-state index < -0.39 is 11.4 Å². The summed E-state index contributed by atoms with van der Waals surface area (Å²) in [5.41, 5.74) is 2.79. The van der Waals surface area contributed by atoms with Crippen LogP contribution >= 0.6 is 34.8 Å². The molecule has 4 aromatic rings. The van der Waals surface area contributed by atoms with Gasteiger partial charge in [-0.15, -0.1) is 0 Å². The van der Waals surface area contributed by atoms with Crippen molar-refractivity contribution in [1.82, 2.24) is 20.1 Å². The van der Waals surface area contributed by atoms with Crippen LogP contribution in [0, 0.1) is 6.92 Å². The number of nitrogens with zero attached hydrogens (tertiary/aromatic N) is 5. The zero-order valence-corrected chi connectivity index (χ0v) is 19.5. The lowest BCUT2D eigenvalue weighted by molar-refractivity contribution is 0.0917. The second-order valence-electron chi connectivity index (χ2n) is 7.64. The molecule has 1 aliphatic rings. The van der Waals surface area contributed by atoms with E-state index in [4.69, 9.17) is 39.3 Å². The van der Waals surface area contributed by atoms with Crippen LogP contribution in [0.2, 0.25) is 10.0 Å². The predicted molar refractivity (Wildman–Crippen MR) is 126 cm³/mol. The summed E-state index contributed by atoms with van der Waals surface area (Å²) >= 11 is 19.3. The van der Waals surface area contributed by atoms with Crippen LogP contribution in [-0.4, -0.2) is 31.4 Å². The third-order valence-corrected chi connectivity index (χ3v) is 6.52. The van der Waals surface area contributed by atoms with Gasteiger partial charge in [0, 0.05) is 34.7 Å². The summed E-state index contributed by atoms with van der Waals surface area (Å²) in [7, 11) is 0. The van der Waals surface area contributed by atoms with E-state index in [0.29, 0.717) is 16.6 Å². The molecule has 3 heterocycles. The second-order valence-corrected chi connectivity index (χ2v) is 8.93. The number of Topliss-reactive ketones (excluding diaryl/α,β-unsaturated/α-hetero) is 1. The van der Waals surface area contributed by atoms with E-state index in [9.17, 15) is 4.79 Å². The molecular weight excluding hydrogens is 485 g/mol. The lowest BCUT2D eigenvalue weighted by atomic mass is 9.95. The minimum atomic E-state index is -0.711. The topological polar surface area (TPSA) is 85.0 Å². The summed E-state index contributed by atoms with van der Waals surface area (Å²) in [4.78, 5) is 27.8. The first-order valence-electron chi connectivity index (χ1n) is 10.0. The number of hydrogen-bond donors (Lipinski definition) is 0. The SMILES string of the molecule is Cc1ccc2c(c1)C(C(=O)c1nc(-c3ncccn3)no1)C(Cl)N2Cc1ccc(Cl)cc1Cl. The third kappa shape index (κ3) is 4.08. The van der Waals surface area contributed by atoms with Gasteiger partial charge in [-0.05, 0) is 42.3 Å². The lowest BCUT2D eigenvalue weighted by Crippen LogP contribution is -2.32. The molecule has 0 fully saturated rings. The first-order chi connectivity index (χ1) is 15.9. The van der Waals surface area contributed by atoms with Gasteiger partial charge in [0.25, 0.3) is 5.89 Å². The number of halogens is 3. The molecule has 2 unspecified atom stereocenters. The second kappa shape index (κ2) is 8.74. The normalized spacial score (nSPS) is 17.3. The molecule has 166 valence electrons. The van der Waals surface area contributed by atoms with Gasteiger partial charge in [-0.1, -0.05) is 63.7 Å². The molecule has 0 saturated carbocycles. The summed E-state index contributed by atoms with van der Waals surface area (Å²) in [5, 5.41) is 4.94. The Hall–Kier alpha value is -3.00. The van der Waals surface area contributed by atoms with Crippen molar-refractivity contribution in [2.45, 2.75) is 24.9 Å². The fourth-order valence-electron chi connectivity index (χ4n) is 3.88. The van der Waals surface area contributed by atoms with Crippen molar-refractivity contribution in [1.29, 1.82) is 0 Å². The molecule has 0 spiro atoms. The molecule has 2 aromatic heterocycles. The van der Waals surface area contributed by atoms with Crippen molar-refractivity contribution in [2.75, 3.05) is 4.90 Å². The van der Waals surface area contributed by atoms with E-state index in [1.165, 1.54) is 0 Å². The van der Waals surface area contributed by atoms with Gasteiger partial charge in [-0.25, -0.2) is 9.97 Å². The van der Waals surface area contributed by atoms with Gasteiger partial charge in [0.15, 0.2) is 0 Å². The highest BCUT2D eigenvalue weighted by Crippen LogP contribution is 2.45. The van der Waals surface area contributed by atoms with E-state index in [1.807, 2.05) is 36.1 Å². The monoisotopic (exact) mass is 499 g/mol. The number of benzene rings is 2. The maximum absolute atomic E-state index is 13.5. The molecule has 2 aromatic carbocycles. The number of anilines is 1. The van der Waals surface area contributed by atoms with Crippen LogP contribution in [0.4, 0.5) is 5.69 Å². The van der Waals surface area contributed by atoms with Crippen LogP contribution < -0.4 is 4.90 Å². The quantitative estimate of drug-likeness (QED) is 0.198. The number of aromatic nitrogens is 4. The standard InChI is InChI=1S/C23H16Cl3N5O2/c1-12-3-6-17-15(9-12)18(20(26)31(17)11-13-4-5-14(24)10-16(13)25)19(32)23-29-22(30-33-23)21-27-7-2-8-28-21/h2-10,18,20H,11H2,1H3. The number of alkyl halides is 1. The average molecular weight is 501 g/mol. The summed E-state index contributed by atoms with van der Waals surface area (Å²) in [5.74, 6) is -0.826. The van der Waals surface area contributed by atoms with Crippen LogP contribution in [0.5, 0.6) is 0 Å². The lowest BCUT2D eigenvalue weighted by Gasteiger charge is -2.25. The largest absolute Gasteiger partial charge is 0.349 e. The van der Waals surface area contributed by atoms with Crippen LogP contribution in [0.3, 0.4) is 0 Å². The van der Waals surface area contributed by atoms with Crippen molar-refractivity contribution in [3.8, 4) is 11.6 Å². The molecule has 1 aliphatic heterocycles. The van der Waals surface area contributed by atoms with E-state index >= 15 is 0 Å². The van der Waals surface area contributed by atoms with E-state index in [2.05, 4.69) is 20.1 Å². The maximum Gasteiger partial charge on any atom is 0.295 e. The van der Waals surface area contributed by atoms with Crippen molar-refractivity contribution in [3.05, 3.63) is 87.5 Å². The number of ketones is 1. The zero-order chi connectivity index (χ0) is 23.1. The van der Waals surface area contributed by atoms with Gasteiger partial charge in [-0.2, -0.15) is 4.98 Å². The molecule has 0 N–H and O–H groups in total. The van der Waals surface area contributed by atoms with Crippen LogP contribution in [-0.2, 0) is 6.54 Å². The number of carbonyl (C=O) groups is 1. The van der Waals surface area contributed by atoms with Crippen molar-refractivity contribution in [2.24, 2.45) is 0 Å². The predicted octanol–water partition coefficient (Wildman–Crippen LogP) is 5.69. The Labute approximate surface area is 204 Å². The molecule has 0 radical (unpaired) electrons. The Balaban J connectivity index is 1.50. The third-order valence-electron chi connectivity index (χ3n) is 5.44. The number of rotatable bonds is 5. The Morgan fingerprint density at radius 3 is 2.64 bits per heavy atom. The van der Waals surface area contributed by atoms with E-state index in [-0.39, 0.29) is 23.3 Å². The molecule has 33 heavy (non-hydrogen) atoms. The summed E-state index contributed by atoms with van der Waals surface area (Å²) in [6, 6.07) is 12.9. The highest BCUT2D eigenvalue weighted by atomic mass is 35.5.